The third-order valence-corrected chi connectivity index (χ3v) is 7.16. The minimum absolute atomic E-state index is 0.175. The molecule has 0 spiro atoms. The molecule has 1 aliphatic heterocycles. The fourth-order valence-electron chi connectivity index (χ4n) is 5.02. The molecule has 0 saturated carbocycles. The Morgan fingerprint density at radius 1 is 0.548 bits per heavy atom. The summed E-state index contributed by atoms with van der Waals surface area (Å²) in [4.78, 5) is 12.8. The monoisotopic (exact) mass is 567 g/mol. The summed E-state index contributed by atoms with van der Waals surface area (Å²) < 4.78 is 31.9. The number of ether oxygens (including phenoxy) is 5. The number of nitrogens with two attached hydrogens (primary N) is 1. The molecule has 0 aromatic heterocycles. The van der Waals surface area contributed by atoms with Gasteiger partial charge >= 0.3 is 0 Å². The van der Waals surface area contributed by atoms with Crippen LogP contribution in [0.4, 0.5) is 0 Å². The van der Waals surface area contributed by atoms with Crippen LogP contribution >= 0.6 is 0 Å². The van der Waals surface area contributed by atoms with E-state index in [0.717, 1.165) is 22.3 Å². The third kappa shape index (κ3) is 8.35. The predicted molar refractivity (Wildman–Crippen MR) is 159 cm³/mol. The summed E-state index contributed by atoms with van der Waals surface area (Å²) in [7, 11) is 0. The molecular formula is C35H37NO6. The number of carbonyl (C=O) groups excluding carboxylic acids is 1. The molecule has 42 heavy (non-hydrogen) atoms. The smallest absolute Gasteiger partial charge is 0.249 e. The average Bonchev–Trinajstić information content (AvgIpc) is 3.04. The molecule has 1 amide bonds. The molecule has 5 atom stereocenters. The van der Waals surface area contributed by atoms with E-state index in [1.807, 2.05) is 121 Å². The number of hydrogen-bond acceptors (Lipinski definition) is 6. The maximum atomic E-state index is 12.8. The van der Waals surface area contributed by atoms with E-state index < -0.39 is 36.4 Å². The first-order valence-electron chi connectivity index (χ1n) is 14.2. The van der Waals surface area contributed by atoms with Gasteiger partial charge in [-0.05, 0) is 22.3 Å². The minimum atomic E-state index is -1.06. The molecule has 0 bridgehead atoms. The van der Waals surface area contributed by atoms with Crippen molar-refractivity contribution >= 4 is 5.91 Å². The molecule has 0 unspecified atom stereocenters. The second-order valence-electron chi connectivity index (χ2n) is 10.3. The normalized spacial score (nSPS) is 22.0. The Balaban J connectivity index is 1.41. The Hall–Kier alpha value is -3.85. The van der Waals surface area contributed by atoms with Gasteiger partial charge in [0.05, 0.1) is 33.0 Å². The third-order valence-electron chi connectivity index (χ3n) is 7.16. The molecule has 1 fully saturated rings. The van der Waals surface area contributed by atoms with Crippen molar-refractivity contribution in [2.75, 3.05) is 6.61 Å². The summed E-state index contributed by atoms with van der Waals surface area (Å²) in [5.74, 6) is -0.629. The number of rotatable bonds is 14. The average molecular weight is 568 g/mol. The molecular weight excluding hydrogens is 530 g/mol. The molecule has 5 rings (SSSR count). The van der Waals surface area contributed by atoms with E-state index in [0.29, 0.717) is 19.8 Å². The van der Waals surface area contributed by atoms with Gasteiger partial charge in [-0.15, -0.1) is 0 Å². The highest BCUT2D eigenvalue weighted by Crippen LogP contribution is 2.31. The maximum absolute atomic E-state index is 12.8. The molecule has 0 aliphatic carbocycles. The van der Waals surface area contributed by atoms with Crippen molar-refractivity contribution in [1.82, 2.24) is 0 Å². The lowest BCUT2D eigenvalue weighted by Crippen LogP contribution is -2.64. The zero-order valence-corrected chi connectivity index (χ0v) is 23.5. The van der Waals surface area contributed by atoms with Gasteiger partial charge in [-0.2, -0.15) is 0 Å². The maximum Gasteiger partial charge on any atom is 0.249 e. The molecule has 1 saturated heterocycles. The van der Waals surface area contributed by atoms with Crippen molar-refractivity contribution in [2.45, 2.75) is 56.9 Å². The highest BCUT2D eigenvalue weighted by molar-refractivity contribution is 5.80. The first-order chi connectivity index (χ1) is 20.7. The van der Waals surface area contributed by atoms with Gasteiger partial charge in [-0.1, -0.05) is 121 Å². The molecule has 7 heteroatoms. The Morgan fingerprint density at radius 2 is 0.929 bits per heavy atom. The van der Waals surface area contributed by atoms with Crippen LogP contribution in [-0.4, -0.2) is 43.0 Å². The van der Waals surface area contributed by atoms with Crippen molar-refractivity contribution in [2.24, 2.45) is 5.73 Å². The Bertz CT molecular complexity index is 1340. The quantitative estimate of drug-likeness (QED) is 0.225. The fourth-order valence-corrected chi connectivity index (χ4v) is 5.02. The topological polar surface area (TPSA) is 89.2 Å². The van der Waals surface area contributed by atoms with E-state index in [2.05, 4.69) is 0 Å². The van der Waals surface area contributed by atoms with E-state index in [4.69, 9.17) is 29.4 Å². The van der Waals surface area contributed by atoms with Crippen LogP contribution in [0.3, 0.4) is 0 Å². The van der Waals surface area contributed by atoms with Crippen molar-refractivity contribution in [3.8, 4) is 0 Å². The summed E-state index contributed by atoms with van der Waals surface area (Å²) in [5, 5.41) is 0. The lowest BCUT2D eigenvalue weighted by Gasteiger charge is -2.45. The SMILES string of the molecule is NC(=O)[C@@H]1O[C@H](COCc2ccccc2)[C@@H](OCc2ccccc2)[C@H](OCc2ccccc2)[C@H]1OCc1ccccc1. The standard InChI is InChI=1S/C35H37NO6/c36-35(37)34-33(41-24-29-19-11-4-12-20-29)32(40-23-28-17-9-3-10-18-28)31(39-22-27-15-7-2-8-16-27)30(42-34)25-38-21-26-13-5-1-6-14-26/h1-20,30-34H,21-25H2,(H2,36,37)/t30-,31-,32+,33-,34-/m1/s1. The second kappa shape index (κ2) is 15.4. The summed E-state index contributed by atoms with van der Waals surface area (Å²) >= 11 is 0. The number of carbonyl (C=O) groups is 1. The van der Waals surface area contributed by atoms with Crippen LogP contribution < -0.4 is 5.73 Å². The number of hydrogen-bond donors (Lipinski definition) is 1. The summed E-state index contributed by atoms with van der Waals surface area (Å²) in [6.07, 6.45) is -3.78. The summed E-state index contributed by atoms with van der Waals surface area (Å²) in [6, 6.07) is 39.4. The van der Waals surface area contributed by atoms with Crippen LogP contribution in [0.2, 0.25) is 0 Å². The molecule has 2 N–H and O–H groups in total. The molecule has 7 nitrogen and oxygen atoms in total. The number of primary amides is 1. The molecule has 1 aliphatic rings. The lowest BCUT2D eigenvalue weighted by atomic mass is 9.93. The van der Waals surface area contributed by atoms with Crippen LogP contribution in [0.5, 0.6) is 0 Å². The van der Waals surface area contributed by atoms with Crippen molar-refractivity contribution < 1.29 is 28.5 Å². The van der Waals surface area contributed by atoms with E-state index in [1.165, 1.54) is 0 Å². The van der Waals surface area contributed by atoms with Gasteiger partial charge in [-0.3, -0.25) is 4.79 Å². The van der Waals surface area contributed by atoms with Gasteiger partial charge in [0.2, 0.25) is 5.91 Å². The van der Waals surface area contributed by atoms with Crippen molar-refractivity contribution in [3.63, 3.8) is 0 Å². The number of amides is 1. The molecule has 1 heterocycles. The summed E-state index contributed by atoms with van der Waals surface area (Å²) in [6.45, 7) is 1.43. The molecule has 218 valence electrons. The molecule has 4 aromatic rings. The van der Waals surface area contributed by atoms with E-state index in [1.54, 1.807) is 0 Å². The van der Waals surface area contributed by atoms with Crippen LogP contribution in [0.1, 0.15) is 22.3 Å². The van der Waals surface area contributed by atoms with E-state index >= 15 is 0 Å². The van der Waals surface area contributed by atoms with Crippen LogP contribution in [-0.2, 0) is 54.9 Å². The van der Waals surface area contributed by atoms with E-state index in [9.17, 15) is 4.79 Å². The van der Waals surface area contributed by atoms with Gasteiger partial charge in [0.1, 0.15) is 24.4 Å². The zero-order valence-electron chi connectivity index (χ0n) is 23.5. The van der Waals surface area contributed by atoms with Gasteiger partial charge in [0.25, 0.3) is 0 Å². The summed E-state index contributed by atoms with van der Waals surface area (Å²) in [5.41, 5.74) is 9.88. The Morgan fingerprint density at radius 3 is 1.36 bits per heavy atom. The lowest BCUT2D eigenvalue weighted by molar-refractivity contribution is -0.267. The zero-order chi connectivity index (χ0) is 29.0. The van der Waals surface area contributed by atoms with Crippen LogP contribution in [0.15, 0.2) is 121 Å². The molecule has 0 radical (unpaired) electrons. The van der Waals surface area contributed by atoms with Gasteiger partial charge < -0.3 is 29.4 Å². The second-order valence-corrected chi connectivity index (χ2v) is 10.3. The first kappa shape index (κ1) is 29.6. The van der Waals surface area contributed by atoms with Crippen LogP contribution in [0, 0.1) is 0 Å². The van der Waals surface area contributed by atoms with Crippen molar-refractivity contribution in [1.29, 1.82) is 0 Å². The van der Waals surface area contributed by atoms with E-state index in [-0.39, 0.29) is 13.2 Å². The molecule has 4 aromatic carbocycles. The highest BCUT2D eigenvalue weighted by Gasteiger charge is 2.50. The highest BCUT2D eigenvalue weighted by atomic mass is 16.6. The first-order valence-corrected chi connectivity index (χ1v) is 14.2. The predicted octanol–water partition coefficient (Wildman–Crippen LogP) is 5.21. The fraction of sp³-hybridized carbons (Fsp3) is 0.286. The Kier molecular flexibility index (Phi) is 10.9. The van der Waals surface area contributed by atoms with Gasteiger partial charge in [0, 0.05) is 0 Å². The van der Waals surface area contributed by atoms with Gasteiger partial charge in [-0.25, -0.2) is 0 Å². The van der Waals surface area contributed by atoms with Crippen LogP contribution in [0.25, 0.3) is 0 Å². The number of benzene rings is 4. The largest absolute Gasteiger partial charge is 0.374 e. The van der Waals surface area contributed by atoms with Crippen molar-refractivity contribution in [3.05, 3.63) is 144 Å². The Labute approximate surface area is 247 Å². The minimum Gasteiger partial charge on any atom is -0.374 e. The van der Waals surface area contributed by atoms with Gasteiger partial charge in [0.15, 0.2) is 6.10 Å².